The Morgan fingerprint density at radius 1 is 0.941 bits per heavy atom. The molecule has 3 heterocycles. The third kappa shape index (κ3) is 3.75. The molecule has 0 spiro atoms. The molecule has 2 N–H and O–H groups in total. The van der Waals surface area contributed by atoms with Crippen LogP contribution < -0.4 is 10.6 Å². The van der Waals surface area contributed by atoms with Crippen molar-refractivity contribution in [2.24, 2.45) is 0 Å². The van der Waals surface area contributed by atoms with E-state index in [-0.39, 0.29) is 11.9 Å². The first kappa shape index (κ1) is 21.9. The summed E-state index contributed by atoms with van der Waals surface area (Å²) in [5, 5.41) is 10.6. The quantitative estimate of drug-likeness (QED) is 0.442. The maximum Gasteiger partial charge on any atom is 0.269 e. The number of aryl methyl sites for hydroxylation is 4. The number of hydrogen-bond acceptors (Lipinski definition) is 5. The minimum absolute atomic E-state index is 0.0387. The molecule has 1 unspecified atom stereocenters. The van der Waals surface area contributed by atoms with Crippen LogP contribution in [0.4, 0.5) is 11.6 Å². The molecular formula is C26H25BN6O. The average molecular weight is 448 g/mol. The predicted octanol–water partition coefficient (Wildman–Crippen LogP) is 4.72. The highest BCUT2D eigenvalue weighted by atomic mass is 16.2. The topological polar surface area (TPSA) is 84.7 Å². The maximum absolute atomic E-state index is 12.1. The van der Waals surface area contributed by atoms with Gasteiger partial charge in [-0.05, 0) is 81.1 Å². The van der Waals surface area contributed by atoms with E-state index >= 15 is 0 Å². The number of nitrogens with zero attached hydrogens (tertiary/aromatic N) is 4. The Labute approximate surface area is 200 Å². The maximum atomic E-state index is 12.1. The number of anilines is 2. The fourth-order valence-corrected chi connectivity index (χ4v) is 4.29. The first-order chi connectivity index (χ1) is 16.2. The molecule has 1 aliphatic rings. The second-order valence-corrected chi connectivity index (χ2v) is 8.91. The molecule has 0 fully saturated rings. The van der Waals surface area contributed by atoms with Gasteiger partial charge < -0.3 is 10.6 Å². The summed E-state index contributed by atoms with van der Waals surface area (Å²) in [7, 11) is 6.13. The van der Waals surface area contributed by atoms with Crippen LogP contribution in [-0.2, 0) is 0 Å². The first-order valence-corrected chi connectivity index (χ1v) is 11.2. The van der Waals surface area contributed by atoms with Gasteiger partial charge in [0.15, 0.2) is 5.82 Å². The van der Waals surface area contributed by atoms with Gasteiger partial charge in [-0.3, -0.25) is 14.4 Å². The van der Waals surface area contributed by atoms with Gasteiger partial charge in [-0.1, -0.05) is 18.2 Å². The molecule has 0 saturated carbocycles. The van der Waals surface area contributed by atoms with Crippen LogP contribution in [0.3, 0.4) is 0 Å². The minimum Gasteiger partial charge on any atom is -0.345 e. The molecule has 0 aliphatic carbocycles. The molecule has 0 saturated heterocycles. The van der Waals surface area contributed by atoms with Gasteiger partial charge >= 0.3 is 0 Å². The van der Waals surface area contributed by atoms with E-state index in [2.05, 4.69) is 40.6 Å². The number of amides is 1. The summed E-state index contributed by atoms with van der Waals surface area (Å²) in [4.78, 5) is 21.5. The van der Waals surface area contributed by atoms with Crippen molar-refractivity contribution in [2.45, 2.75) is 40.7 Å². The lowest BCUT2D eigenvalue weighted by Crippen LogP contribution is -2.16. The molecule has 168 valence electrons. The Morgan fingerprint density at radius 2 is 1.74 bits per heavy atom. The zero-order valence-corrected chi connectivity index (χ0v) is 19.9. The van der Waals surface area contributed by atoms with Crippen molar-refractivity contribution in [3.8, 4) is 22.6 Å². The highest BCUT2D eigenvalue weighted by molar-refractivity contribution is 6.07. The lowest BCUT2D eigenvalue weighted by molar-refractivity contribution is 0.0958. The van der Waals surface area contributed by atoms with Crippen molar-refractivity contribution in [3.05, 3.63) is 76.0 Å². The smallest absolute Gasteiger partial charge is 0.269 e. The van der Waals surface area contributed by atoms with Crippen LogP contribution >= 0.6 is 0 Å². The fraction of sp³-hybridized carbons (Fsp3) is 0.231. The van der Waals surface area contributed by atoms with E-state index in [1.165, 1.54) is 10.2 Å². The Bertz CT molecular complexity index is 1460. The molecule has 0 bridgehead atoms. The van der Waals surface area contributed by atoms with Crippen LogP contribution in [-0.4, -0.2) is 33.5 Å². The third-order valence-corrected chi connectivity index (χ3v) is 6.44. The normalized spacial score (nSPS) is 14.7. The second kappa shape index (κ2) is 8.13. The summed E-state index contributed by atoms with van der Waals surface area (Å²) >= 11 is 0. The molecule has 2 aromatic carbocycles. The molecule has 1 aliphatic heterocycles. The Hall–Kier alpha value is -3.94. The van der Waals surface area contributed by atoms with E-state index in [1.54, 1.807) is 0 Å². The highest BCUT2D eigenvalue weighted by Gasteiger charge is 2.26. The minimum atomic E-state index is -0.0451. The van der Waals surface area contributed by atoms with Gasteiger partial charge in [0.25, 0.3) is 13.9 Å². The number of pyridine rings is 1. The summed E-state index contributed by atoms with van der Waals surface area (Å²) in [6.45, 7) is 10.0. The number of aromatic nitrogens is 4. The molecule has 8 heteroatoms. The molecule has 34 heavy (non-hydrogen) atoms. The van der Waals surface area contributed by atoms with Gasteiger partial charge in [-0.15, -0.1) is 0 Å². The summed E-state index contributed by atoms with van der Waals surface area (Å²) in [5.74, 6) is 0.897. The summed E-state index contributed by atoms with van der Waals surface area (Å²) in [6.07, 6.45) is 0. The lowest BCUT2D eigenvalue weighted by atomic mass is 10.0. The number of carbonyl (C=O) groups is 1. The number of nitrogens with one attached hydrogen (secondary N) is 2. The van der Waals surface area contributed by atoms with E-state index in [4.69, 9.17) is 13.0 Å². The van der Waals surface area contributed by atoms with Crippen LogP contribution in [0, 0.1) is 27.7 Å². The van der Waals surface area contributed by atoms with Crippen LogP contribution in [0.2, 0.25) is 0 Å². The zero-order valence-electron chi connectivity index (χ0n) is 19.9. The van der Waals surface area contributed by atoms with E-state index < -0.39 is 0 Å². The van der Waals surface area contributed by atoms with Gasteiger partial charge in [-0.25, -0.2) is 0 Å². The molecule has 1 atom stereocenters. The van der Waals surface area contributed by atoms with Crippen LogP contribution in [0.1, 0.15) is 51.3 Å². The van der Waals surface area contributed by atoms with Gasteiger partial charge in [0.05, 0.1) is 11.7 Å². The van der Waals surface area contributed by atoms with Gasteiger partial charge in [-0.2, -0.15) is 10.1 Å². The van der Waals surface area contributed by atoms with Crippen molar-refractivity contribution < 1.29 is 4.79 Å². The largest absolute Gasteiger partial charge is 0.345 e. The van der Waals surface area contributed by atoms with Crippen molar-refractivity contribution in [1.29, 1.82) is 0 Å². The van der Waals surface area contributed by atoms with E-state index in [9.17, 15) is 4.79 Å². The van der Waals surface area contributed by atoms with E-state index in [1.807, 2.05) is 57.2 Å². The fourth-order valence-electron chi connectivity index (χ4n) is 4.29. The summed E-state index contributed by atoms with van der Waals surface area (Å²) in [5.41, 5.74) is 9.58. The number of carbonyl (C=O) groups excluding carboxylic acids is 1. The van der Waals surface area contributed by atoms with Crippen LogP contribution in [0.15, 0.2) is 42.5 Å². The van der Waals surface area contributed by atoms with Crippen LogP contribution in [0.5, 0.6) is 0 Å². The van der Waals surface area contributed by atoms with Crippen molar-refractivity contribution in [3.63, 3.8) is 0 Å². The van der Waals surface area contributed by atoms with E-state index in [0.717, 1.165) is 44.9 Å². The molecule has 1 amide bonds. The predicted molar refractivity (Wildman–Crippen MR) is 134 cm³/mol. The highest BCUT2D eigenvalue weighted by Crippen LogP contribution is 2.32. The number of benzene rings is 2. The second-order valence-electron chi connectivity index (χ2n) is 8.91. The Balaban J connectivity index is 1.44. The Kier molecular flexibility index (Phi) is 5.23. The zero-order chi connectivity index (χ0) is 24.1. The first-order valence-electron chi connectivity index (χ1n) is 11.2. The van der Waals surface area contributed by atoms with Crippen LogP contribution in [0.25, 0.3) is 22.6 Å². The monoisotopic (exact) mass is 448 g/mol. The molecule has 2 radical (unpaired) electrons. The van der Waals surface area contributed by atoms with Gasteiger partial charge in [0, 0.05) is 28.1 Å². The van der Waals surface area contributed by atoms with Gasteiger partial charge in [0.2, 0.25) is 5.95 Å². The Morgan fingerprint density at radius 3 is 2.47 bits per heavy atom. The molecular weight excluding hydrogens is 423 g/mol. The summed E-state index contributed by atoms with van der Waals surface area (Å²) in [6, 6.07) is 14.0. The number of rotatable bonds is 4. The van der Waals surface area contributed by atoms with Crippen molar-refractivity contribution >= 4 is 25.5 Å². The number of hydrogen-bond donors (Lipinski definition) is 2. The molecule has 5 rings (SSSR count). The van der Waals surface area contributed by atoms with E-state index in [0.29, 0.717) is 17.3 Å². The molecule has 2 aromatic heterocycles. The molecule has 4 aromatic rings. The SMILES string of the molecule is [B]n1nc(-c2ccc(-c3ccc(C)c(C)n3)c(C)c2)nc1Nc1cc2c(cc1C)C(=O)NC2C. The van der Waals surface area contributed by atoms with Gasteiger partial charge in [0.1, 0.15) is 0 Å². The standard InChI is InChI=1S/C26H25BN6O/c1-13-6-9-22(28-16(13)4)19-8-7-18(10-14(19)2)24-31-26(33(27)32-24)30-23-12-20-17(5)29-25(34)21(20)11-15(23)3/h6-12,17H,1-5H3,(H,29,34)(H,30,31,32). The molecule has 7 nitrogen and oxygen atoms in total. The average Bonchev–Trinajstić information content (AvgIpc) is 3.29. The summed E-state index contributed by atoms with van der Waals surface area (Å²) < 4.78 is 1.24. The van der Waals surface area contributed by atoms with Crippen molar-refractivity contribution in [2.75, 3.05) is 5.32 Å². The number of fused-ring (bicyclic) bond motifs is 1. The lowest BCUT2D eigenvalue weighted by Gasteiger charge is -2.12. The van der Waals surface area contributed by atoms with Crippen molar-refractivity contribution in [1.82, 2.24) is 25.0 Å². The third-order valence-electron chi connectivity index (χ3n) is 6.44.